The Labute approximate surface area is 106 Å². The second-order valence-corrected chi connectivity index (χ2v) is 4.45. The van der Waals surface area contributed by atoms with E-state index < -0.39 is 5.82 Å². The number of alkyl halides is 1. The van der Waals surface area contributed by atoms with E-state index in [0.717, 1.165) is 12.8 Å². The van der Waals surface area contributed by atoms with E-state index in [-0.39, 0.29) is 11.5 Å². The molecule has 1 aromatic rings. The summed E-state index contributed by atoms with van der Waals surface area (Å²) in [6.07, 6.45) is 1.81. The van der Waals surface area contributed by atoms with E-state index in [4.69, 9.17) is 11.6 Å². The molecule has 2 nitrogen and oxygen atoms in total. The third-order valence-electron chi connectivity index (χ3n) is 2.54. The van der Waals surface area contributed by atoms with Crippen LogP contribution in [0.5, 0.6) is 0 Å². The Kier molecular flexibility index (Phi) is 5.98. The van der Waals surface area contributed by atoms with Crippen molar-refractivity contribution >= 4 is 17.5 Å². The number of carbonyl (C=O) groups is 1. The van der Waals surface area contributed by atoms with Crippen LogP contribution < -0.4 is 5.32 Å². The van der Waals surface area contributed by atoms with E-state index in [1.54, 1.807) is 12.1 Å². The molecular weight excluding hydrogens is 241 g/mol. The normalized spacial score (nSPS) is 12.2. The fourth-order valence-corrected chi connectivity index (χ4v) is 1.62. The Morgan fingerprint density at radius 1 is 1.47 bits per heavy atom. The summed E-state index contributed by atoms with van der Waals surface area (Å²) in [5.74, 6) is 0.226. The molecule has 0 aliphatic carbocycles. The van der Waals surface area contributed by atoms with Crippen molar-refractivity contribution < 1.29 is 9.18 Å². The monoisotopic (exact) mass is 257 g/mol. The summed E-state index contributed by atoms with van der Waals surface area (Å²) in [5.41, 5.74) is 0.0953. The fraction of sp³-hybridized carbons (Fsp3) is 0.462. The number of rotatable bonds is 6. The minimum atomic E-state index is -0.487. The molecule has 1 N–H and O–H groups in total. The van der Waals surface area contributed by atoms with Crippen LogP contribution in [0.15, 0.2) is 24.3 Å². The van der Waals surface area contributed by atoms with Crippen molar-refractivity contribution in [1.82, 2.24) is 5.32 Å². The van der Waals surface area contributed by atoms with Crippen molar-refractivity contribution in [3.8, 4) is 0 Å². The standard InChI is InChI=1S/C13H17ClFNO/c1-10(9-14)5-4-8-16-13(17)11-6-2-3-7-12(11)15/h2-3,6-7,10H,4-5,8-9H2,1H3,(H,16,17). The quantitative estimate of drug-likeness (QED) is 0.615. The number of halogens is 2. The molecule has 0 fully saturated rings. The van der Waals surface area contributed by atoms with Gasteiger partial charge in [0.2, 0.25) is 0 Å². The molecule has 0 aliphatic rings. The molecule has 1 aromatic carbocycles. The highest BCUT2D eigenvalue weighted by Gasteiger charge is 2.09. The minimum Gasteiger partial charge on any atom is -0.352 e. The topological polar surface area (TPSA) is 29.1 Å². The van der Waals surface area contributed by atoms with Crippen molar-refractivity contribution in [2.75, 3.05) is 12.4 Å². The first-order valence-corrected chi connectivity index (χ1v) is 6.27. The Balaban J connectivity index is 2.33. The fourth-order valence-electron chi connectivity index (χ4n) is 1.47. The van der Waals surface area contributed by atoms with Crippen LogP contribution in [0.1, 0.15) is 30.1 Å². The van der Waals surface area contributed by atoms with Gasteiger partial charge < -0.3 is 5.32 Å². The second-order valence-electron chi connectivity index (χ2n) is 4.14. The Hall–Kier alpha value is -1.09. The van der Waals surface area contributed by atoms with Crippen molar-refractivity contribution in [3.63, 3.8) is 0 Å². The van der Waals surface area contributed by atoms with Gasteiger partial charge >= 0.3 is 0 Å². The van der Waals surface area contributed by atoms with Crippen LogP contribution in [0.2, 0.25) is 0 Å². The molecule has 0 aromatic heterocycles. The lowest BCUT2D eigenvalue weighted by molar-refractivity contribution is 0.0948. The average Bonchev–Trinajstić information content (AvgIpc) is 2.34. The summed E-state index contributed by atoms with van der Waals surface area (Å²) in [4.78, 5) is 11.6. The lowest BCUT2D eigenvalue weighted by Gasteiger charge is -2.08. The van der Waals surface area contributed by atoms with E-state index in [2.05, 4.69) is 12.2 Å². The summed E-state index contributed by atoms with van der Waals surface area (Å²) in [5, 5.41) is 2.70. The molecule has 1 rings (SSSR count). The van der Waals surface area contributed by atoms with E-state index >= 15 is 0 Å². The van der Waals surface area contributed by atoms with Gasteiger partial charge in [-0.15, -0.1) is 11.6 Å². The summed E-state index contributed by atoms with van der Waals surface area (Å²) in [6.45, 7) is 2.61. The van der Waals surface area contributed by atoms with Crippen LogP contribution in [0.3, 0.4) is 0 Å². The lowest BCUT2D eigenvalue weighted by Crippen LogP contribution is -2.25. The summed E-state index contributed by atoms with van der Waals surface area (Å²) in [6, 6.07) is 5.97. The second kappa shape index (κ2) is 7.28. The molecule has 0 saturated heterocycles. The number of amides is 1. The number of hydrogen-bond acceptors (Lipinski definition) is 1. The maximum atomic E-state index is 13.3. The average molecular weight is 258 g/mol. The van der Waals surface area contributed by atoms with Crippen molar-refractivity contribution in [2.24, 2.45) is 5.92 Å². The van der Waals surface area contributed by atoms with Crippen LogP contribution in [-0.2, 0) is 0 Å². The van der Waals surface area contributed by atoms with Gasteiger partial charge in [-0.25, -0.2) is 4.39 Å². The van der Waals surface area contributed by atoms with Crippen LogP contribution in [0, 0.1) is 11.7 Å². The van der Waals surface area contributed by atoms with Crippen LogP contribution >= 0.6 is 11.6 Å². The van der Waals surface area contributed by atoms with Gasteiger partial charge in [0, 0.05) is 12.4 Å². The molecule has 17 heavy (non-hydrogen) atoms. The Bertz CT molecular complexity index is 370. The third-order valence-corrected chi connectivity index (χ3v) is 3.07. The van der Waals surface area contributed by atoms with E-state index in [1.165, 1.54) is 12.1 Å². The predicted octanol–water partition coefficient (Wildman–Crippen LogP) is 3.21. The summed E-state index contributed by atoms with van der Waals surface area (Å²) < 4.78 is 13.3. The zero-order valence-corrected chi connectivity index (χ0v) is 10.6. The van der Waals surface area contributed by atoms with Crippen LogP contribution in [0.25, 0.3) is 0 Å². The van der Waals surface area contributed by atoms with Gasteiger partial charge in [0.15, 0.2) is 0 Å². The van der Waals surface area contributed by atoms with Gasteiger partial charge in [-0.1, -0.05) is 19.1 Å². The molecule has 0 aliphatic heterocycles. The lowest BCUT2D eigenvalue weighted by atomic mass is 10.1. The predicted molar refractivity (Wildman–Crippen MR) is 67.9 cm³/mol. The first-order valence-electron chi connectivity index (χ1n) is 5.74. The Morgan fingerprint density at radius 3 is 2.82 bits per heavy atom. The minimum absolute atomic E-state index is 0.0953. The maximum Gasteiger partial charge on any atom is 0.254 e. The molecule has 4 heteroatoms. The van der Waals surface area contributed by atoms with Crippen molar-refractivity contribution in [2.45, 2.75) is 19.8 Å². The SMILES string of the molecule is CC(CCl)CCCNC(=O)c1ccccc1F. The molecule has 0 spiro atoms. The zero-order valence-electron chi connectivity index (χ0n) is 9.88. The van der Waals surface area contributed by atoms with Crippen molar-refractivity contribution in [3.05, 3.63) is 35.6 Å². The maximum absolute atomic E-state index is 13.3. The van der Waals surface area contributed by atoms with Gasteiger partial charge in [0.05, 0.1) is 5.56 Å². The van der Waals surface area contributed by atoms with Crippen molar-refractivity contribution in [1.29, 1.82) is 0 Å². The molecule has 0 saturated carbocycles. The highest BCUT2D eigenvalue weighted by atomic mass is 35.5. The molecular formula is C13H17ClFNO. The number of carbonyl (C=O) groups excluding carboxylic acids is 1. The van der Waals surface area contributed by atoms with E-state index in [0.29, 0.717) is 18.3 Å². The molecule has 0 heterocycles. The molecule has 0 radical (unpaired) electrons. The van der Waals surface area contributed by atoms with E-state index in [9.17, 15) is 9.18 Å². The number of hydrogen-bond donors (Lipinski definition) is 1. The number of benzene rings is 1. The summed E-state index contributed by atoms with van der Waals surface area (Å²) in [7, 11) is 0. The van der Waals surface area contributed by atoms with Gasteiger partial charge in [0.1, 0.15) is 5.82 Å². The van der Waals surface area contributed by atoms with Gasteiger partial charge in [-0.3, -0.25) is 4.79 Å². The zero-order chi connectivity index (χ0) is 12.7. The summed E-state index contributed by atoms with van der Waals surface area (Å²) >= 11 is 5.67. The first kappa shape index (κ1) is 14.0. The third kappa shape index (κ3) is 4.73. The highest BCUT2D eigenvalue weighted by molar-refractivity contribution is 6.18. The van der Waals surface area contributed by atoms with Gasteiger partial charge in [-0.05, 0) is 30.9 Å². The molecule has 0 bridgehead atoms. The Morgan fingerprint density at radius 2 is 2.18 bits per heavy atom. The molecule has 1 unspecified atom stereocenters. The van der Waals surface area contributed by atoms with E-state index in [1.807, 2.05) is 0 Å². The highest BCUT2D eigenvalue weighted by Crippen LogP contribution is 2.08. The molecule has 94 valence electrons. The van der Waals surface area contributed by atoms with Gasteiger partial charge in [-0.2, -0.15) is 0 Å². The molecule has 1 atom stereocenters. The van der Waals surface area contributed by atoms with Crippen LogP contribution in [-0.4, -0.2) is 18.3 Å². The van der Waals surface area contributed by atoms with Gasteiger partial charge in [0.25, 0.3) is 5.91 Å². The first-order chi connectivity index (χ1) is 8.15. The number of nitrogens with one attached hydrogen (secondary N) is 1. The molecule has 1 amide bonds. The largest absolute Gasteiger partial charge is 0.352 e. The van der Waals surface area contributed by atoms with Crippen LogP contribution in [0.4, 0.5) is 4.39 Å². The smallest absolute Gasteiger partial charge is 0.254 e.